The number of nitrogens with one attached hydrogen (secondary N) is 1. The summed E-state index contributed by atoms with van der Waals surface area (Å²) >= 11 is 0. The van der Waals surface area contributed by atoms with Crippen molar-refractivity contribution in [2.24, 2.45) is 0 Å². The molecule has 0 unspecified atom stereocenters. The van der Waals surface area contributed by atoms with Crippen LogP contribution in [0.1, 0.15) is 31.2 Å². The molecule has 2 rings (SSSR count). The van der Waals surface area contributed by atoms with Crippen molar-refractivity contribution in [3.8, 4) is 0 Å². The number of unbranched alkanes of at least 4 members (excludes halogenated alkanes) is 2. The first kappa shape index (κ1) is 14.1. The molecule has 0 bridgehead atoms. The molecule has 1 N–H and O–H groups in total. The number of hydrogen-bond donors (Lipinski definition) is 1. The molecule has 1 heterocycles. The fraction of sp³-hybridized carbons (Fsp3) is 0.562. The smallest absolute Gasteiger partial charge is 0.222 e. The fourth-order valence-electron chi connectivity index (χ4n) is 2.50. The van der Waals surface area contributed by atoms with Crippen LogP contribution in [0.25, 0.3) is 0 Å². The van der Waals surface area contributed by atoms with E-state index < -0.39 is 0 Å². The molecule has 0 spiro atoms. The van der Waals surface area contributed by atoms with Gasteiger partial charge in [-0.15, -0.1) is 0 Å². The Hall–Kier alpha value is -1.35. The zero-order valence-corrected chi connectivity index (χ0v) is 11.6. The number of carbonyl (C=O) groups excluding carboxylic acids is 1. The van der Waals surface area contributed by atoms with Gasteiger partial charge in [-0.05, 0) is 24.8 Å². The van der Waals surface area contributed by atoms with Crippen molar-refractivity contribution < 1.29 is 4.79 Å². The molecule has 0 atom stereocenters. The van der Waals surface area contributed by atoms with Crippen molar-refractivity contribution in [1.82, 2.24) is 10.2 Å². The lowest BCUT2D eigenvalue weighted by Gasteiger charge is -2.27. The summed E-state index contributed by atoms with van der Waals surface area (Å²) < 4.78 is 0. The Morgan fingerprint density at radius 1 is 1.05 bits per heavy atom. The molecule has 1 fully saturated rings. The highest BCUT2D eigenvalue weighted by molar-refractivity contribution is 5.76. The average Bonchev–Trinajstić information content (AvgIpc) is 2.49. The molecular formula is C16H24N2O. The van der Waals surface area contributed by atoms with E-state index in [1.54, 1.807) is 0 Å². The van der Waals surface area contributed by atoms with Crippen molar-refractivity contribution >= 4 is 5.91 Å². The summed E-state index contributed by atoms with van der Waals surface area (Å²) in [6, 6.07) is 10.6. The summed E-state index contributed by atoms with van der Waals surface area (Å²) in [5.41, 5.74) is 1.40. The van der Waals surface area contributed by atoms with Gasteiger partial charge in [0.15, 0.2) is 0 Å². The number of rotatable bonds is 6. The molecule has 3 heteroatoms. The van der Waals surface area contributed by atoms with Crippen molar-refractivity contribution in [3.63, 3.8) is 0 Å². The third kappa shape index (κ3) is 5.03. The second-order valence-electron chi connectivity index (χ2n) is 5.18. The van der Waals surface area contributed by atoms with Gasteiger partial charge >= 0.3 is 0 Å². The van der Waals surface area contributed by atoms with E-state index in [0.717, 1.165) is 51.9 Å². The van der Waals surface area contributed by atoms with Crippen molar-refractivity contribution in [2.45, 2.75) is 32.1 Å². The minimum Gasteiger partial charge on any atom is -0.340 e. The van der Waals surface area contributed by atoms with Crippen LogP contribution in [0.5, 0.6) is 0 Å². The number of benzene rings is 1. The lowest BCUT2D eigenvalue weighted by Crippen LogP contribution is -2.46. The zero-order valence-electron chi connectivity index (χ0n) is 11.6. The van der Waals surface area contributed by atoms with Gasteiger partial charge in [0.05, 0.1) is 0 Å². The fourth-order valence-corrected chi connectivity index (χ4v) is 2.50. The SMILES string of the molecule is O=C(CCCCCc1ccccc1)N1CCNCC1. The maximum atomic E-state index is 11.9. The van der Waals surface area contributed by atoms with Crippen LogP contribution in [0.4, 0.5) is 0 Å². The van der Waals surface area contributed by atoms with E-state index in [9.17, 15) is 4.79 Å². The Labute approximate surface area is 116 Å². The van der Waals surface area contributed by atoms with Gasteiger partial charge in [0.25, 0.3) is 0 Å². The van der Waals surface area contributed by atoms with Gasteiger partial charge in [-0.3, -0.25) is 4.79 Å². The van der Waals surface area contributed by atoms with Gasteiger partial charge in [-0.1, -0.05) is 36.8 Å². The first-order valence-electron chi connectivity index (χ1n) is 7.39. The number of aryl methyl sites for hydroxylation is 1. The summed E-state index contributed by atoms with van der Waals surface area (Å²) in [5.74, 6) is 0.334. The lowest BCUT2D eigenvalue weighted by molar-refractivity contribution is -0.131. The molecule has 1 aliphatic rings. The molecule has 1 amide bonds. The van der Waals surface area contributed by atoms with Gasteiger partial charge in [-0.25, -0.2) is 0 Å². The minimum absolute atomic E-state index is 0.334. The van der Waals surface area contributed by atoms with E-state index in [-0.39, 0.29) is 0 Å². The molecule has 1 aliphatic heterocycles. The number of piperazine rings is 1. The minimum atomic E-state index is 0.334. The number of nitrogens with zero attached hydrogens (tertiary/aromatic N) is 1. The number of amides is 1. The first-order valence-corrected chi connectivity index (χ1v) is 7.39. The molecule has 1 aromatic carbocycles. The highest BCUT2D eigenvalue weighted by Gasteiger charge is 2.14. The monoisotopic (exact) mass is 260 g/mol. The van der Waals surface area contributed by atoms with E-state index in [1.807, 2.05) is 4.90 Å². The second-order valence-corrected chi connectivity index (χ2v) is 5.18. The molecule has 19 heavy (non-hydrogen) atoms. The standard InChI is InChI=1S/C16H24N2O/c19-16(18-13-11-17-12-14-18)10-6-2-5-9-15-7-3-1-4-8-15/h1,3-4,7-8,17H,2,5-6,9-14H2. The number of hydrogen-bond acceptors (Lipinski definition) is 2. The van der Waals surface area contributed by atoms with E-state index >= 15 is 0 Å². The van der Waals surface area contributed by atoms with Gasteiger partial charge in [-0.2, -0.15) is 0 Å². The Balaban J connectivity index is 1.55. The predicted molar refractivity (Wildman–Crippen MR) is 78.1 cm³/mol. The van der Waals surface area contributed by atoms with E-state index in [4.69, 9.17) is 0 Å². The maximum Gasteiger partial charge on any atom is 0.222 e. The van der Waals surface area contributed by atoms with Gasteiger partial charge in [0.1, 0.15) is 0 Å². The summed E-state index contributed by atoms with van der Waals surface area (Å²) in [6.07, 6.45) is 5.19. The molecule has 3 nitrogen and oxygen atoms in total. The molecule has 0 radical (unpaired) electrons. The molecule has 1 saturated heterocycles. The third-order valence-electron chi connectivity index (χ3n) is 3.67. The molecule has 0 saturated carbocycles. The summed E-state index contributed by atoms with van der Waals surface area (Å²) in [4.78, 5) is 13.9. The van der Waals surface area contributed by atoms with Gasteiger partial charge in [0, 0.05) is 32.6 Å². The lowest BCUT2D eigenvalue weighted by atomic mass is 10.1. The highest BCUT2D eigenvalue weighted by Crippen LogP contribution is 2.09. The van der Waals surface area contributed by atoms with E-state index in [0.29, 0.717) is 5.91 Å². The van der Waals surface area contributed by atoms with Crippen molar-refractivity contribution in [1.29, 1.82) is 0 Å². The van der Waals surface area contributed by atoms with Crippen LogP contribution in [0.15, 0.2) is 30.3 Å². The van der Waals surface area contributed by atoms with Crippen LogP contribution in [0, 0.1) is 0 Å². The Morgan fingerprint density at radius 2 is 1.79 bits per heavy atom. The highest BCUT2D eigenvalue weighted by atomic mass is 16.2. The topological polar surface area (TPSA) is 32.3 Å². The van der Waals surface area contributed by atoms with Crippen LogP contribution in [0.3, 0.4) is 0 Å². The summed E-state index contributed by atoms with van der Waals surface area (Å²) in [5, 5.41) is 3.27. The number of carbonyl (C=O) groups is 1. The normalized spacial score (nSPS) is 15.5. The van der Waals surface area contributed by atoms with Gasteiger partial charge < -0.3 is 10.2 Å². The Kier molecular flexibility index (Phi) is 5.89. The quantitative estimate of drug-likeness (QED) is 0.795. The average molecular weight is 260 g/mol. The Morgan fingerprint density at radius 3 is 2.53 bits per heavy atom. The third-order valence-corrected chi connectivity index (χ3v) is 3.67. The first-order chi connectivity index (χ1) is 9.36. The molecule has 0 aromatic heterocycles. The van der Waals surface area contributed by atoms with Crippen LogP contribution in [-0.2, 0) is 11.2 Å². The molecule has 1 aromatic rings. The van der Waals surface area contributed by atoms with Gasteiger partial charge in [0.2, 0.25) is 5.91 Å². The summed E-state index contributed by atoms with van der Waals surface area (Å²) in [6.45, 7) is 3.64. The largest absolute Gasteiger partial charge is 0.340 e. The van der Waals surface area contributed by atoms with Crippen LogP contribution in [0.2, 0.25) is 0 Å². The molecular weight excluding hydrogens is 236 g/mol. The van der Waals surface area contributed by atoms with E-state index in [2.05, 4.69) is 35.6 Å². The summed E-state index contributed by atoms with van der Waals surface area (Å²) in [7, 11) is 0. The van der Waals surface area contributed by atoms with Crippen LogP contribution < -0.4 is 5.32 Å². The van der Waals surface area contributed by atoms with Crippen LogP contribution >= 0.6 is 0 Å². The van der Waals surface area contributed by atoms with Crippen LogP contribution in [-0.4, -0.2) is 37.0 Å². The van der Waals surface area contributed by atoms with Crippen molar-refractivity contribution in [2.75, 3.05) is 26.2 Å². The zero-order chi connectivity index (χ0) is 13.3. The Bertz CT molecular complexity index is 372. The van der Waals surface area contributed by atoms with E-state index in [1.165, 1.54) is 12.0 Å². The predicted octanol–water partition coefficient (Wildman–Crippen LogP) is 2.22. The molecule has 104 valence electrons. The maximum absolute atomic E-state index is 11.9. The molecule has 0 aliphatic carbocycles. The van der Waals surface area contributed by atoms with Crippen molar-refractivity contribution in [3.05, 3.63) is 35.9 Å². The second kappa shape index (κ2) is 7.95.